The van der Waals surface area contributed by atoms with Crippen LogP contribution in [0.2, 0.25) is 0 Å². The molecule has 4 rings (SSSR count). The zero-order valence-corrected chi connectivity index (χ0v) is 14.3. The summed E-state index contributed by atoms with van der Waals surface area (Å²) in [5, 5.41) is 4.40. The maximum Gasteiger partial charge on any atom is 0.119 e. The second kappa shape index (κ2) is 6.57. The Morgan fingerprint density at radius 3 is 2.92 bits per heavy atom. The van der Waals surface area contributed by atoms with Gasteiger partial charge in [0.15, 0.2) is 0 Å². The van der Waals surface area contributed by atoms with Gasteiger partial charge in [0.25, 0.3) is 0 Å². The smallest absolute Gasteiger partial charge is 0.119 e. The van der Waals surface area contributed by atoms with E-state index in [1.807, 2.05) is 29.2 Å². The Hall–Kier alpha value is -1.85. The molecule has 1 aromatic heterocycles. The first kappa shape index (κ1) is 15.7. The monoisotopic (exact) mass is 327 g/mol. The highest BCUT2D eigenvalue weighted by Gasteiger charge is 2.39. The molecule has 1 spiro atoms. The molecule has 5 nitrogen and oxygen atoms in total. The van der Waals surface area contributed by atoms with Crippen LogP contribution in [0.15, 0.2) is 36.7 Å². The normalized spacial score (nSPS) is 20.5. The zero-order chi connectivity index (χ0) is 16.4. The Balaban J connectivity index is 1.58. The third-order valence-corrected chi connectivity index (χ3v) is 5.27. The van der Waals surface area contributed by atoms with Gasteiger partial charge < -0.3 is 9.47 Å². The van der Waals surface area contributed by atoms with E-state index < -0.39 is 0 Å². The van der Waals surface area contributed by atoms with E-state index in [0.29, 0.717) is 0 Å². The molecule has 0 radical (unpaired) electrons. The van der Waals surface area contributed by atoms with Crippen molar-refractivity contribution in [3.63, 3.8) is 0 Å². The van der Waals surface area contributed by atoms with Crippen molar-refractivity contribution in [1.29, 1.82) is 0 Å². The highest BCUT2D eigenvalue weighted by Crippen LogP contribution is 2.36. The maximum atomic E-state index is 6.16. The molecule has 2 aliphatic rings. The lowest BCUT2D eigenvalue weighted by Gasteiger charge is -2.40. The quantitative estimate of drug-likeness (QED) is 0.865. The number of aromatic nitrogens is 2. The summed E-state index contributed by atoms with van der Waals surface area (Å²) >= 11 is 0. The molecule has 1 aliphatic carbocycles. The molecule has 0 N–H and O–H groups in total. The van der Waals surface area contributed by atoms with Crippen molar-refractivity contribution < 1.29 is 9.47 Å². The number of methoxy groups -OCH3 is 1. The number of rotatable bonds is 4. The van der Waals surface area contributed by atoms with E-state index in [1.54, 1.807) is 7.11 Å². The standard InChI is InChI=1S/C19H25N3O2/c1-23-17-5-6-18(22-10-4-9-20-22)16(13-17)14-21-11-12-24-19(15-21)7-2-3-8-19/h4-6,9-10,13H,2-3,7-8,11-12,14-15H2,1H3. The van der Waals surface area contributed by atoms with Gasteiger partial charge in [0.2, 0.25) is 0 Å². The first-order chi connectivity index (χ1) is 11.8. The molecular formula is C19H25N3O2. The van der Waals surface area contributed by atoms with E-state index in [0.717, 1.165) is 37.7 Å². The number of nitrogens with zero attached hydrogens (tertiary/aromatic N) is 3. The third kappa shape index (κ3) is 3.06. The lowest BCUT2D eigenvalue weighted by molar-refractivity contribution is -0.107. The van der Waals surface area contributed by atoms with Crippen LogP contribution < -0.4 is 4.74 Å². The van der Waals surface area contributed by atoms with Crippen LogP contribution in [-0.2, 0) is 11.3 Å². The minimum absolute atomic E-state index is 0.100. The van der Waals surface area contributed by atoms with Crippen molar-refractivity contribution in [2.24, 2.45) is 0 Å². The number of hydrogen-bond donors (Lipinski definition) is 0. The van der Waals surface area contributed by atoms with Gasteiger partial charge in [-0.15, -0.1) is 0 Å². The van der Waals surface area contributed by atoms with Crippen molar-refractivity contribution in [3.05, 3.63) is 42.2 Å². The summed E-state index contributed by atoms with van der Waals surface area (Å²) in [6, 6.07) is 8.18. The van der Waals surface area contributed by atoms with Gasteiger partial charge in [-0.05, 0) is 42.7 Å². The van der Waals surface area contributed by atoms with Crippen LogP contribution in [0.1, 0.15) is 31.2 Å². The summed E-state index contributed by atoms with van der Waals surface area (Å²) in [5.41, 5.74) is 2.46. The van der Waals surface area contributed by atoms with E-state index >= 15 is 0 Å². The highest BCUT2D eigenvalue weighted by atomic mass is 16.5. The van der Waals surface area contributed by atoms with Gasteiger partial charge in [0, 0.05) is 32.0 Å². The molecule has 0 atom stereocenters. The molecule has 2 aromatic rings. The lowest BCUT2D eigenvalue weighted by Crippen LogP contribution is -2.49. The van der Waals surface area contributed by atoms with Crippen LogP contribution in [0.4, 0.5) is 0 Å². The predicted octanol–water partition coefficient (Wildman–Crippen LogP) is 3.03. The summed E-state index contributed by atoms with van der Waals surface area (Å²) in [4.78, 5) is 2.52. The van der Waals surface area contributed by atoms with Gasteiger partial charge in [-0.25, -0.2) is 4.68 Å². The Morgan fingerprint density at radius 2 is 2.17 bits per heavy atom. The molecule has 1 aromatic carbocycles. The van der Waals surface area contributed by atoms with Crippen LogP contribution in [-0.4, -0.2) is 47.1 Å². The van der Waals surface area contributed by atoms with Gasteiger partial charge in [-0.2, -0.15) is 5.10 Å². The summed E-state index contributed by atoms with van der Waals surface area (Å²) in [6.45, 7) is 3.75. The predicted molar refractivity (Wildman–Crippen MR) is 92.5 cm³/mol. The minimum Gasteiger partial charge on any atom is -0.497 e. The molecule has 0 unspecified atom stereocenters. The van der Waals surface area contributed by atoms with Crippen molar-refractivity contribution in [1.82, 2.24) is 14.7 Å². The minimum atomic E-state index is 0.100. The van der Waals surface area contributed by atoms with Gasteiger partial charge >= 0.3 is 0 Å². The van der Waals surface area contributed by atoms with Gasteiger partial charge in [0.1, 0.15) is 5.75 Å². The first-order valence-electron chi connectivity index (χ1n) is 8.81. The van der Waals surface area contributed by atoms with Crippen molar-refractivity contribution in [2.75, 3.05) is 26.8 Å². The van der Waals surface area contributed by atoms with E-state index in [-0.39, 0.29) is 5.60 Å². The number of morpholine rings is 1. The van der Waals surface area contributed by atoms with Crippen LogP contribution in [0.5, 0.6) is 5.75 Å². The maximum absolute atomic E-state index is 6.16. The Labute approximate surface area is 143 Å². The average Bonchev–Trinajstić information content (AvgIpc) is 3.27. The van der Waals surface area contributed by atoms with Crippen LogP contribution in [0, 0.1) is 0 Å². The largest absolute Gasteiger partial charge is 0.497 e. The molecule has 0 amide bonds. The number of ether oxygens (including phenoxy) is 2. The lowest BCUT2D eigenvalue weighted by atomic mass is 9.99. The van der Waals surface area contributed by atoms with E-state index in [1.165, 1.54) is 31.2 Å². The molecule has 1 aliphatic heterocycles. The fourth-order valence-corrected chi connectivity index (χ4v) is 4.07. The van der Waals surface area contributed by atoms with Crippen LogP contribution in [0.25, 0.3) is 5.69 Å². The van der Waals surface area contributed by atoms with E-state index in [4.69, 9.17) is 9.47 Å². The molecule has 5 heteroatoms. The molecule has 24 heavy (non-hydrogen) atoms. The Kier molecular flexibility index (Phi) is 4.29. The van der Waals surface area contributed by atoms with Crippen LogP contribution in [0.3, 0.4) is 0 Å². The average molecular weight is 327 g/mol. The highest BCUT2D eigenvalue weighted by molar-refractivity contribution is 5.45. The molecule has 1 saturated carbocycles. The topological polar surface area (TPSA) is 39.5 Å². The van der Waals surface area contributed by atoms with E-state index in [9.17, 15) is 0 Å². The van der Waals surface area contributed by atoms with Crippen LogP contribution >= 0.6 is 0 Å². The molecule has 2 heterocycles. The van der Waals surface area contributed by atoms with Gasteiger partial charge in [-0.1, -0.05) is 12.8 Å². The second-order valence-electron chi connectivity index (χ2n) is 6.89. The van der Waals surface area contributed by atoms with Crippen molar-refractivity contribution in [3.8, 4) is 11.4 Å². The molecule has 128 valence electrons. The summed E-state index contributed by atoms with van der Waals surface area (Å²) in [5.74, 6) is 0.893. The van der Waals surface area contributed by atoms with Gasteiger partial charge in [-0.3, -0.25) is 4.90 Å². The first-order valence-corrected chi connectivity index (χ1v) is 8.81. The zero-order valence-electron chi connectivity index (χ0n) is 14.3. The summed E-state index contributed by atoms with van der Waals surface area (Å²) in [7, 11) is 1.72. The Morgan fingerprint density at radius 1 is 1.29 bits per heavy atom. The molecule has 1 saturated heterocycles. The van der Waals surface area contributed by atoms with Crippen molar-refractivity contribution >= 4 is 0 Å². The SMILES string of the molecule is COc1ccc(-n2cccn2)c(CN2CCOC3(CCCC3)C2)c1. The second-order valence-corrected chi connectivity index (χ2v) is 6.89. The molecule has 2 fully saturated rings. The van der Waals surface area contributed by atoms with Gasteiger partial charge in [0.05, 0.1) is 25.0 Å². The Bertz CT molecular complexity index is 678. The third-order valence-electron chi connectivity index (χ3n) is 5.27. The number of hydrogen-bond acceptors (Lipinski definition) is 4. The fraction of sp³-hybridized carbons (Fsp3) is 0.526. The number of benzene rings is 1. The summed E-state index contributed by atoms with van der Waals surface area (Å²) < 4.78 is 13.5. The van der Waals surface area contributed by atoms with E-state index in [2.05, 4.69) is 22.1 Å². The molecular weight excluding hydrogens is 302 g/mol. The van der Waals surface area contributed by atoms with Crippen molar-refractivity contribution in [2.45, 2.75) is 37.8 Å². The molecule has 0 bridgehead atoms. The summed E-state index contributed by atoms with van der Waals surface area (Å²) in [6.07, 6.45) is 8.80. The fourth-order valence-electron chi connectivity index (χ4n) is 4.07.